The molecule has 2 aromatic rings. The molecule has 0 aliphatic heterocycles. The first-order chi connectivity index (χ1) is 9.19. The van der Waals surface area contributed by atoms with Gasteiger partial charge in [-0.05, 0) is 35.9 Å². The van der Waals surface area contributed by atoms with Crippen molar-refractivity contribution in [3.05, 3.63) is 64.9 Å². The van der Waals surface area contributed by atoms with E-state index in [0.717, 1.165) is 10.5 Å². The predicted molar refractivity (Wildman–Crippen MR) is 78.6 cm³/mol. The number of rotatable bonds is 5. The van der Waals surface area contributed by atoms with Gasteiger partial charge in [-0.3, -0.25) is 11.3 Å². The standard InChI is InChI=1S/C14H14ClFN2S/c15-11-4-2-6-13(8-11)19-9-14(18-17)10-3-1-5-12(16)7-10/h1-8,14,18H,9,17H2. The summed E-state index contributed by atoms with van der Waals surface area (Å²) in [5, 5.41) is 0.702. The minimum atomic E-state index is -0.259. The Bertz CT molecular complexity index is 550. The Morgan fingerprint density at radius 2 is 2.00 bits per heavy atom. The van der Waals surface area contributed by atoms with Gasteiger partial charge in [0.15, 0.2) is 0 Å². The van der Waals surface area contributed by atoms with Crippen molar-refractivity contribution >= 4 is 23.4 Å². The van der Waals surface area contributed by atoms with Gasteiger partial charge in [0.25, 0.3) is 0 Å². The molecule has 0 spiro atoms. The lowest BCUT2D eigenvalue weighted by molar-refractivity contribution is 0.591. The monoisotopic (exact) mass is 296 g/mol. The molecule has 5 heteroatoms. The third kappa shape index (κ3) is 4.21. The van der Waals surface area contributed by atoms with Crippen molar-refractivity contribution < 1.29 is 4.39 Å². The first kappa shape index (κ1) is 14.3. The van der Waals surface area contributed by atoms with Gasteiger partial charge in [0.2, 0.25) is 0 Å². The zero-order chi connectivity index (χ0) is 13.7. The molecule has 0 fully saturated rings. The van der Waals surface area contributed by atoms with Crippen LogP contribution in [0.25, 0.3) is 0 Å². The van der Waals surface area contributed by atoms with Crippen molar-refractivity contribution in [3.8, 4) is 0 Å². The average molecular weight is 297 g/mol. The van der Waals surface area contributed by atoms with Gasteiger partial charge in [0.05, 0.1) is 6.04 Å². The van der Waals surface area contributed by atoms with Gasteiger partial charge in [-0.2, -0.15) is 0 Å². The molecule has 0 saturated heterocycles. The first-order valence-electron chi connectivity index (χ1n) is 5.79. The van der Waals surface area contributed by atoms with E-state index in [1.165, 1.54) is 12.1 Å². The lowest BCUT2D eigenvalue weighted by Crippen LogP contribution is -2.29. The number of hydrazine groups is 1. The number of hydrogen-bond acceptors (Lipinski definition) is 3. The third-order valence-corrected chi connectivity index (χ3v) is 3.99. The SMILES string of the molecule is NNC(CSc1cccc(Cl)c1)c1cccc(F)c1. The zero-order valence-corrected chi connectivity index (χ0v) is 11.7. The van der Waals surface area contributed by atoms with Gasteiger partial charge in [0.1, 0.15) is 5.82 Å². The summed E-state index contributed by atoms with van der Waals surface area (Å²) in [7, 11) is 0. The third-order valence-electron chi connectivity index (χ3n) is 2.66. The highest BCUT2D eigenvalue weighted by molar-refractivity contribution is 7.99. The normalized spacial score (nSPS) is 12.4. The second-order valence-electron chi connectivity index (χ2n) is 4.04. The highest BCUT2D eigenvalue weighted by atomic mass is 35.5. The van der Waals surface area contributed by atoms with Crippen molar-refractivity contribution in [2.45, 2.75) is 10.9 Å². The maximum absolute atomic E-state index is 13.2. The summed E-state index contributed by atoms with van der Waals surface area (Å²) in [5.41, 5.74) is 3.54. The minimum absolute atomic E-state index is 0.111. The minimum Gasteiger partial charge on any atom is -0.271 e. The summed E-state index contributed by atoms with van der Waals surface area (Å²) in [5.74, 6) is 5.97. The summed E-state index contributed by atoms with van der Waals surface area (Å²) < 4.78 is 13.2. The van der Waals surface area contributed by atoms with Crippen LogP contribution in [-0.4, -0.2) is 5.75 Å². The molecule has 100 valence electrons. The molecule has 1 unspecified atom stereocenters. The first-order valence-corrected chi connectivity index (χ1v) is 7.15. The molecule has 1 atom stereocenters. The quantitative estimate of drug-likeness (QED) is 0.501. The zero-order valence-electron chi connectivity index (χ0n) is 10.1. The summed E-state index contributed by atoms with van der Waals surface area (Å²) in [6.07, 6.45) is 0. The second-order valence-corrected chi connectivity index (χ2v) is 5.57. The van der Waals surface area contributed by atoms with Gasteiger partial charge in [0, 0.05) is 15.7 Å². The summed E-state index contributed by atoms with van der Waals surface area (Å²) >= 11 is 7.55. The summed E-state index contributed by atoms with van der Waals surface area (Å²) in [6, 6.07) is 13.9. The van der Waals surface area contributed by atoms with Crippen LogP contribution in [0.3, 0.4) is 0 Å². The number of halogens is 2. The molecule has 0 aromatic heterocycles. The van der Waals surface area contributed by atoms with E-state index in [2.05, 4.69) is 5.43 Å². The molecule has 3 N–H and O–H groups in total. The Morgan fingerprint density at radius 1 is 1.21 bits per heavy atom. The summed E-state index contributed by atoms with van der Waals surface area (Å²) in [6.45, 7) is 0. The Hall–Kier alpha value is -1.07. The fourth-order valence-corrected chi connectivity index (χ4v) is 2.99. The van der Waals surface area contributed by atoms with Crippen LogP contribution in [0.5, 0.6) is 0 Å². The maximum atomic E-state index is 13.2. The highest BCUT2D eigenvalue weighted by Gasteiger charge is 2.11. The van der Waals surface area contributed by atoms with Crippen molar-refractivity contribution in [2.75, 3.05) is 5.75 Å². The van der Waals surface area contributed by atoms with E-state index >= 15 is 0 Å². The number of benzene rings is 2. The topological polar surface area (TPSA) is 38.0 Å². The van der Waals surface area contributed by atoms with Gasteiger partial charge in [-0.1, -0.05) is 29.8 Å². The Balaban J connectivity index is 2.04. The van der Waals surface area contributed by atoms with Crippen LogP contribution < -0.4 is 11.3 Å². The predicted octanol–water partition coefficient (Wildman–Crippen LogP) is 3.78. The molecule has 2 rings (SSSR count). The Morgan fingerprint density at radius 3 is 2.68 bits per heavy atom. The van der Waals surface area contributed by atoms with E-state index in [0.29, 0.717) is 10.8 Å². The molecule has 0 heterocycles. The van der Waals surface area contributed by atoms with Crippen LogP contribution >= 0.6 is 23.4 Å². The summed E-state index contributed by atoms with van der Waals surface area (Å²) in [4.78, 5) is 1.06. The van der Waals surface area contributed by atoms with E-state index in [4.69, 9.17) is 17.4 Å². The second kappa shape index (κ2) is 6.91. The van der Waals surface area contributed by atoms with Crippen LogP contribution in [0.1, 0.15) is 11.6 Å². The number of thioether (sulfide) groups is 1. The Kier molecular flexibility index (Phi) is 5.22. The van der Waals surface area contributed by atoms with Gasteiger partial charge in [-0.25, -0.2) is 4.39 Å². The molecular formula is C14H14ClFN2S. The number of hydrogen-bond donors (Lipinski definition) is 2. The Labute approximate surface area is 121 Å². The lowest BCUT2D eigenvalue weighted by Gasteiger charge is -2.16. The molecular weight excluding hydrogens is 283 g/mol. The molecule has 2 nitrogen and oxygen atoms in total. The smallest absolute Gasteiger partial charge is 0.123 e. The van der Waals surface area contributed by atoms with Crippen LogP contribution in [0.15, 0.2) is 53.4 Å². The molecule has 0 aliphatic carbocycles. The van der Waals surface area contributed by atoms with E-state index in [9.17, 15) is 4.39 Å². The van der Waals surface area contributed by atoms with Crippen molar-refractivity contribution in [1.82, 2.24) is 5.43 Å². The van der Waals surface area contributed by atoms with Crippen LogP contribution in [-0.2, 0) is 0 Å². The molecule has 0 bridgehead atoms. The molecule has 0 radical (unpaired) electrons. The van der Waals surface area contributed by atoms with Gasteiger partial charge >= 0.3 is 0 Å². The molecule has 0 aliphatic rings. The maximum Gasteiger partial charge on any atom is 0.123 e. The van der Waals surface area contributed by atoms with Crippen molar-refractivity contribution in [2.24, 2.45) is 5.84 Å². The average Bonchev–Trinajstić information content (AvgIpc) is 2.40. The van der Waals surface area contributed by atoms with E-state index < -0.39 is 0 Å². The van der Waals surface area contributed by atoms with Gasteiger partial charge in [-0.15, -0.1) is 11.8 Å². The van der Waals surface area contributed by atoms with E-state index in [-0.39, 0.29) is 11.9 Å². The number of nitrogens with two attached hydrogens (primary N) is 1. The van der Waals surface area contributed by atoms with Crippen LogP contribution in [0, 0.1) is 5.82 Å². The van der Waals surface area contributed by atoms with Crippen molar-refractivity contribution in [1.29, 1.82) is 0 Å². The lowest BCUT2D eigenvalue weighted by atomic mass is 10.1. The van der Waals surface area contributed by atoms with Crippen molar-refractivity contribution in [3.63, 3.8) is 0 Å². The highest BCUT2D eigenvalue weighted by Crippen LogP contribution is 2.26. The molecule has 19 heavy (non-hydrogen) atoms. The van der Waals surface area contributed by atoms with E-state index in [1.54, 1.807) is 17.8 Å². The molecule has 2 aromatic carbocycles. The van der Waals surface area contributed by atoms with Crippen LogP contribution in [0.4, 0.5) is 4.39 Å². The molecule has 0 saturated carbocycles. The fourth-order valence-electron chi connectivity index (χ4n) is 1.70. The van der Waals surface area contributed by atoms with Crippen LogP contribution in [0.2, 0.25) is 5.02 Å². The number of nitrogens with one attached hydrogen (secondary N) is 1. The molecule has 0 amide bonds. The van der Waals surface area contributed by atoms with Gasteiger partial charge < -0.3 is 0 Å². The fraction of sp³-hybridized carbons (Fsp3) is 0.143. The van der Waals surface area contributed by atoms with E-state index in [1.807, 2.05) is 30.3 Å². The largest absolute Gasteiger partial charge is 0.271 e.